The minimum Gasteiger partial charge on any atom is -0.310 e. The zero-order valence-corrected chi connectivity index (χ0v) is 11.1. The molecule has 2 unspecified atom stereocenters. The van der Waals surface area contributed by atoms with Crippen molar-refractivity contribution in [1.29, 1.82) is 0 Å². The summed E-state index contributed by atoms with van der Waals surface area (Å²) >= 11 is 6.08. The van der Waals surface area contributed by atoms with Crippen LogP contribution in [0.5, 0.6) is 0 Å². The molecule has 0 bridgehead atoms. The molecule has 5 heteroatoms. The van der Waals surface area contributed by atoms with Gasteiger partial charge in [0.2, 0.25) is 0 Å². The molecule has 0 aliphatic carbocycles. The van der Waals surface area contributed by atoms with Crippen LogP contribution in [0.15, 0.2) is 11.2 Å². The summed E-state index contributed by atoms with van der Waals surface area (Å²) in [6, 6.07) is 0. The van der Waals surface area contributed by atoms with Gasteiger partial charge < -0.3 is 5.73 Å². The van der Waals surface area contributed by atoms with Gasteiger partial charge in [-0.25, -0.2) is 9.67 Å². The number of halogens is 1. The minimum atomic E-state index is -0.118. The van der Waals surface area contributed by atoms with Crippen LogP contribution in [0.2, 0.25) is 0 Å². The summed E-state index contributed by atoms with van der Waals surface area (Å²) in [5.74, 6) is 1.29. The first-order valence-electron chi connectivity index (χ1n) is 6.19. The third kappa shape index (κ3) is 2.53. The second kappa shape index (κ2) is 5.19. The van der Waals surface area contributed by atoms with E-state index in [0.29, 0.717) is 11.1 Å². The van der Waals surface area contributed by atoms with Gasteiger partial charge in [0.1, 0.15) is 11.3 Å². The molecule has 0 saturated carbocycles. The van der Waals surface area contributed by atoms with Gasteiger partial charge in [0.05, 0.1) is 6.20 Å². The predicted octanol–water partition coefficient (Wildman–Crippen LogP) is 3.31. The van der Waals surface area contributed by atoms with Gasteiger partial charge >= 0.3 is 0 Å². The predicted molar refractivity (Wildman–Crippen MR) is 71.0 cm³/mol. The summed E-state index contributed by atoms with van der Waals surface area (Å²) in [4.78, 5) is 4.46. The Kier molecular flexibility index (Phi) is 3.84. The second-order valence-electron chi connectivity index (χ2n) is 4.65. The van der Waals surface area contributed by atoms with E-state index in [4.69, 9.17) is 17.3 Å². The lowest BCUT2D eigenvalue weighted by atomic mass is 9.99. The highest BCUT2D eigenvalue weighted by Gasteiger charge is 2.22. The molecule has 0 saturated heterocycles. The molecule has 0 fully saturated rings. The Bertz CT molecular complexity index is 424. The Morgan fingerprint density at radius 3 is 3.12 bits per heavy atom. The summed E-state index contributed by atoms with van der Waals surface area (Å²) in [6.45, 7) is 4.38. The number of hydrogen-bond donors (Lipinski definition) is 1. The molecule has 2 rings (SSSR count). The standard InChI is InChI=1S/C12H19ClN4/c1-3-4-8(2)9-7-15-17-11(14)6-5-10(13)16-12(9)17/h7-8,11H,3-6,14H2,1-2H3. The zero-order valence-electron chi connectivity index (χ0n) is 10.4. The summed E-state index contributed by atoms with van der Waals surface area (Å²) < 4.78 is 1.80. The quantitative estimate of drug-likeness (QED) is 0.900. The Balaban J connectivity index is 2.40. The molecular weight excluding hydrogens is 236 g/mol. The van der Waals surface area contributed by atoms with Crippen LogP contribution in [0.3, 0.4) is 0 Å². The van der Waals surface area contributed by atoms with Crippen LogP contribution >= 0.6 is 11.6 Å². The number of nitrogens with two attached hydrogens (primary N) is 1. The largest absolute Gasteiger partial charge is 0.310 e. The van der Waals surface area contributed by atoms with Crippen molar-refractivity contribution in [2.45, 2.75) is 51.6 Å². The zero-order chi connectivity index (χ0) is 12.4. The number of rotatable bonds is 3. The second-order valence-corrected chi connectivity index (χ2v) is 5.09. The molecule has 2 heterocycles. The van der Waals surface area contributed by atoms with Crippen molar-refractivity contribution < 1.29 is 0 Å². The fourth-order valence-corrected chi connectivity index (χ4v) is 2.41. The van der Waals surface area contributed by atoms with E-state index in [-0.39, 0.29) is 6.17 Å². The molecule has 0 radical (unpaired) electrons. The van der Waals surface area contributed by atoms with E-state index in [1.807, 2.05) is 6.20 Å². The highest BCUT2D eigenvalue weighted by atomic mass is 35.5. The number of nitrogens with zero attached hydrogens (tertiary/aromatic N) is 3. The third-order valence-electron chi connectivity index (χ3n) is 3.24. The molecular formula is C12H19ClN4. The molecule has 1 aliphatic rings. The lowest BCUT2D eigenvalue weighted by molar-refractivity contribution is 0.456. The Labute approximate surface area is 107 Å². The van der Waals surface area contributed by atoms with E-state index < -0.39 is 0 Å². The van der Waals surface area contributed by atoms with Gasteiger partial charge in [-0.05, 0) is 18.8 Å². The van der Waals surface area contributed by atoms with Crippen molar-refractivity contribution in [3.05, 3.63) is 11.8 Å². The van der Waals surface area contributed by atoms with Gasteiger partial charge in [0, 0.05) is 12.0 Å². The summed E-state index contributed by atoms with van der Waals surface area (Å²) in [5, 5.41) is 4.99. The summed E-state index contributed by atoms with van der Waals surface area (Å²) in [6.07, 6.45) is 5.56. The van der Waals surface area contributed by atoms with E-state index in [9.17, 15) is 0 Å². The average Bonchev–Trinajstić information content (AvgIpc) is 2.64. The molecule has 0 amide bonds. The van der Waals surface area contributed by atoms with Gasteiger partial charge in [0.25, 0.3) is 0 Å². The molecule has 1 aromatic heterocycles. The van der Waals surface area contributed by atoms with Crippen molar-refractivity contribution in [3.63, 3.8) is 0 Å². The first kappa shape index (κ1) is 12.6. The molecule has 17 heavy (non-hydrogen) atoms. The lowest BCUT2D eigenvalue weighted by Crippen LogP contribution is -2.18. The molecule has 4 nitrogen and oxygen atoms in total. The van der Waals surface area contributed by atoms with E-state index in [0.717, 1.165) is 37.1 Å². The molecule has 2 N–H and O–H groups in total. The molecule has 0 spiro atoms. The maximum absolute atomic E-state index is 6.08. The summed E-state index contributed by atoms with van der Waals surface area (Å²) in [7, 11) is 0. The third-order valence-corrected chi connectivity index (χ3v) is 3.51. The van der Waals surface area contributed by atoms with Gasteiger partial charge in [-0.3, -0.25) is 0 Å². The van der Waals surface area contributed by atoms with Crippen molar-refractivity contribution in [1.82, 2.24) is 9.78 Å². The van der Waals surface area contributed by atoms with Crippen molar-refractivity contribution in [3.8, 4) is 0 Å². The normalized spacial score (nSPS) is 21.6. The van der Waals surface area contributed by atoms with Gasteiger partial charge in [0.15, 0.2) is 5.82 Å². The van der Waals surface area contributed by atoms with Crippen LogP contribution in [0.25, 0.3) is 0 Å². The van der Waals surface area contributed by atoms with E-state index in [1.165, 1.54) is 0 Å². The lowest BCUT2D eigenvalue weighted by Gasteiger charge is -2.12. The fourth-order valence-electron chi connectivity index (χ4n) is 2.22. The first-order valence-corrected chi connectivity index (χ1v) is 6.57. The highest BCUT2D eigenvalue weighted by molar-refractivity contribution is 6.65. The first-order chi connectivity index (χ1) is 8.13. The SMILES string of the molecule is CCCC(C)c1cnn2c1N=C(Cl)CCC2N. The molecule has 1 aromatic rings. The van der Waals surface area contributed by atoms with Crippen LogP contribution in [-0.4, -0.2) is 15.0 Å². The van der Waals surface area contributed by atoms with Gasteiger partial charge in [-0.1, -0.05) is 31.9 Å². The van der Waals surface area contributed by atoms with Crippen LogP contribution in [0, 0.1) is 0 Å². The Morgan fingerprint density at radius 2 is 2.41 bits per heavy atom. The van der Waals surface area contributed by atoms with Crippen LogP contribution in [0.1, 0.15) is 57.2 Å². The highest BCUT2D eigenvalue weighted by Crippen LogP contribution is 2.34. The Hall–Kier alpha value is -0.870. The average molecular weight is 255 g/mol. The van der Waals surface area contributed by atoms with Crippen LogP contribution < -0.4 is 5.73 Å². The van der Waals surface area contributed by atoms with Gasteiger partial charge in [-0.15, -0.1) is 0 Å². The Morgan fingerprint density at radius 1 is 1.65 bits per heavy atom. The number of aliphatic imine (C=N–C) groups is 1. The maximum Gasteiger partial charge on any atom is 0.156 e. The van der Waals surface area contributed by atoms with Crippen LogP contribution in [-0.2, 0) is 0 Å². The molecule has 1 aliphatic heterocycles. The maximum atomic E-state index is 6.08. The van der Waals surface area contributed by atoms with E-state index in [1.54, 1.807) is 4.68 Å². The smallest absolute Gasteiger partial charge is 0.156 e. The molecule has 94 valence electrons. The van der Waals surface area contributed by atoms with E-state index in [2.05, 4.69) is 23.9 Å². The minimum absolute atomic E-state index is 0.118. The van der Waals surface area contributed by atoms with E-state index >= 15 is 0 Å². The van der Waals surface area contributed by atoms with Crippen LogP contribution in [0.4, 0.5) is 5.82 Å². The number of aromatic nitrogens is 2. The number of hydrogen-bond acceptors (Lipinski definition) is 3. The summed E-state index contributed by atoms with van der Waals surface area (Å²) in [5.41, 5.74) is 7.22. The van der Waals surface area contributed by atoms with Crippen molar-refractivity contribution in [2.75, 3.05) is 0 Å². The number of fused-ring (bicyclic) bond motifs is 1. The van der Waals surface area contributed by atoms with Crippen molar-refractivity contribution in [2.24, 2.45) is 10.7 Å². The fraction of sp³-hybridized carbons (Fsp3) is 0.667. The molecule has 2 atom stereocenters. The van der Waals surface area contributed by atoms with Gasteiger partial charge in [-0.2, -0.15) is 5.10 Å². The molecule has 0 aromatic carbocycles. The topological polar surface area (TPSA) is 56.2 Å². The monoisotopic (exact) mass is 254 g/mol. The van der Waals surface area contributed by atoms with Crippen molar-refractivity contribution >= 4 is 22.6 Å².